The van der Waals surface area contributed by atoms with Crippen LogP contribution < -0.4 is 5.56 Å². The van der Waals surface area contributed by atoms with Gasteiger partial charge < -0.3 is 4.90 Å². The SMILES string of the molecule is Cc1nc2c(c(C)c1CC(=O)N1CCC(C)CC1)c(=O)[nH]n2C. The molecule has 124 valence electrons. The Morgan fingerprint density at radius 3 is 2.61 bits per heavy atom. The maximum absolute atomic E-state index is 12.6. The van der Waals surface area contributed by atoms with E-state index in [2.05, 4.69) is 17.0 Å². The molecule has 1 aliphatic rings. The number of pyridine rings is 1. The average Bonchev–Trinajstić information content (AvgIpc) is 2.78. The monoisotopic (exact) mass is 316 g/mol. The number of carbonyl (C=O) groups excluding carboxylic acids is 1. The number of aryl methyl sites for hydroxylation is 3. The van der Waals surface area contributed by atoms with Crippen LogP contribution in [0.4, 0.5) is 0 Å². The Morgan fingerprint density at radius 1 is 1.30 bits per heavy atom. The average molecular weight is 316 g/mol. The fourth-order valence-corrected chi connectivity index (χ4v) is 3.43. The number of amides is 1. The number of hydrogen-bond acceptors (Lipinski definition) is 3. The predicted molar refractivity (Wildman–Crippen MR) is 89.5 cm³/mol. The van der Waals surface area contributed by atoms with Gasteiger partial charge in [0.15, 0.2) is 5.65 Å². The van der Waals surface area contributed by atoms with E-state index in [0.717, 1.165) is 42.8 Å². The van der Waals surface area contributed by atoms with Gasteiger partial charge in [-0.1, -0.05) is 6.92 Å². The van der Waals surface area contributed by atoms with Crippen molar-refractivity contribution in [2.45, 2.75) is 40.0 Å². The summed E-state index contributed by atoms with van der Waals surface area (Å²) >= 11 is 0. The maximum Gasteiger partial charge on any atom is 0.273 e. The minimum atomic E-state index is -0.145. The summed E-state index contributed by atoms with van der Waals surface area (Å²) in [6.45, 7) is 7.72. The number of carbonyl (C=O) groups is 1. The van der Waals surface area contributed by atoms with Crippen molar-refractivity contribution in [3.63, 3.8) is 0 Å². The lowest BCUT2D eigenvalue weighted by Gasteiger charge is -2.30. The molecule has 0 aliphatic carbocycles. The summed E-state index contributed by atoms with van der Waals surface area (Å²) in [6, 6.07) is 0. The molecule has 23 heavy (non-hydrogen) atoms. The van der Waals surface area contributed by atoms with Crippen LogP contribution >= 0.6 is 0 Å². The van der Waals surface area contributed by atoms with Gasteiger partial charge in [0.1, 0.15) is 0 Å². The van der Waals surface area contributed by atoms with E-state index < -0.39 is 0 Å². The second-order valence-corrected chi connectivity index (χ2v) is 6.74. The van der Waals surface area contributed by atoms with E-state index in [4.69, 9.17) is 0 Å². The summed E-state index contributed by atoms with van der Waals surface area (Å²) in [5, 5.41) is 3.33. The van der Waals surface area contributed by atoms with Crippen molar-refractivity contribution in [2.75, 3.05) is 13.1 Å². The predicted octanol–water partition coefficient (Wildman–Crippen LogP) is 1.68. The molecule has 0 aromatic carbocycles. The molecule has 0 spiro atoms. The molecule has 1 amide bonds. The quantitative estimate of drug-likeness (QED) is 0.916. The normalized spacial score (nSPS) is 16.3. The van der Waals surface area contributed by atoms with E-state index in [0.29, 0.717) is 23.4 Å². The Balaban J connectivity index is 1.92. The summed E-state index contributed by atoms with van der Waals surface area (Å²) < 4.78 is 1.63. The highest BCUT2D eigenvalue weighted by atomic mass is 16.2. The van der Waals surface area contributed by atoms with E-state index in [1.165, 1.54) is 0 Å². The molecule has 0 unspecified atom stereocenters. The third-order valence-corrected chi connectivity index (χ3v) is 5.04. The van der Waals surface area contributed by atoms with Crippen LogP contribution in [0.5, 0.6) is 0 Å². The number of fused-ring (bicyclic) bond motifs is 1. The second-order valence-electron chi connectivity index (χ2n) is 6.74. The summed E-state index contributed by atoms with van der Waals surface area (Å²) in [6.07, 6.45) is 2.46. The minimum absolute atomic E-state index is 0.136. The molecule has 0 saturated carbocycles. The molecule has 6 heteroatoms. The molecular weight excluding hydrogens is 292 g/mol. The third-order valence-electron chi connectivity index (χ3n) is 5.04. The van der Waals surface area contributed by atoms with Crippen LogP contribution in [-0.2, 0) is 18.3 Å². The molecule has 1 fully saturated rings. The highest BCUT2D eigenvalue weighted by Crippen LogP contribution is 2.22. The Kier molecular flexibility index (Phi) is 4.00. The van der Waals surface area contributed by atoms with Crippen molar-refractivity contribution in [2.24, 2.45) is 13.0 Å². The molecule has 3 rings (SSSR count). The first kappa shape index (κ1) is 15.8. The zero-order chi connectivity index (χ0) is 16.7. The van der Waals surface area contributed by atoms with Gasteiger partial charge in [-0.05, 0) is 43.7 Å². The Morgan fingerprint density at radius 2 is 1.96 bits per heavy atom. The Bertz CT molecular complexity index is 810. The van der Waals surface area contributed by atoms with Gasteiger partial charge in [0.2, 0.25) is 5.91 Å². The van der Waals surface area contributed by atoms with Crippen molar-refractivity contribution in [3.05, 3.63) is 27.2 Å². The van der Waals surface area contributed by atoms with Crippen LogP contribution in [0.1, 0.15) is 36.6 Å². The van der Waals surface area contributed by atoms with Gasteiger partial charge in [-0.25, -0.2) is 4.98 Å². The molecule has 3 heterocycles. The number of H-pyrrole nitrogens is 1. The van der Waals surface area contributed by atoms with Crippen LogP contribution in [0.2, 0.25) is 0 Å². The molecule has 1 N–H and O–H groups in total. The van der Waals surface area contributed by atoms with E-state index in [1.54, 1.807) is 11.7 Å². The topological polar surface area (TPSA) is 71.0 Å². The number of hydrogen-bond donors (Lipinski definition) is 1. The van der Waals surface area contributed by atoms with Crippen molar-refractivity contribution in [1.29, 1.82) is 0 Å². The highest BCUT2D eigenvalue weighted by molar-refractivity contribution is 5.84. The lowest BCUT2D eigenvalue weighted by atomic mass is 9.97. The van der Waals surface area contributed by atoms with Gasteiger partial charge in [-0.3, -0.25) is 19.4 Å². The largest absolute Gasteiger partial charge is 0.342 e. The molecule has 1 aliphatic heterocycles. The fourth-order valence-electron chi connectivity index (χ4n) is 3.43. The van der Waals surface area contributed by atoms with Gasteiger partial charge in [0, 0.05) is 25.8 Å². The van der Waals surface area contributed by atoms with Gasteiger partial charge in [-0.2, -0.15) is 0 Å². The van der Waals surface area contributed by atoms with Crippen LogP contribution in [-0.4, -0.2) is 38.7 Å². The molecule has 1 saturated heterocycles. The molecule has 0 atom stereocenters. The molecule has 0 radical (unpaired) electrons. The van der Waals surface area contributed by atoms with Crippen molar-refractivity contribution in [3.8, 4) is 0 Å². The molecule has 0 bridgehead atoms. The Labute approximate surface area is 135 Å². The van der Waals surface area contributed by atoms with Crippen molar-refractivity contribution >= 4 is 16.9 Å². The second kappa shape index (κ2) is 5.83. The first-order valence-electron chi connectivity index (χ1n) is 8.21. The first-order valence-corrected chi connectivity index (χ1v) is 8.21. The van der Waals surface area contributed by atoms with Crippen molar-refractivity contribution in [1.82, 2.24) is 19.7 Å². The van der Waals surface area contributed by atoms with E-state index in [9.17, 15) is 9.59 Å². The number of piperidine rings is 1. The van der Waals surface area contributed by atoms with Crippen LogP contribution in [0.3, 0.4) is 0 Å². The van der Waals surface area contributed by atoms with Crippen LogP contribution in [0.15, 0.2) is 4.79 Å². The lowest BCUT2D eigenvalue weighted by molar-refractivity contribution is -0.131. The maximum atomic E-state index is 12.6. The van der Waals surface area contributed by atoms with Gasteiger partial charge in [0.05, 0.1) is 11.8 Å². The number of aromatic nitrogens is 3. The van der Waals surface area contributed by atoms with E-state index >= 15 is 0 Å². The van der Waals surface area contributed by atoms with Crippen molar-refractivity contribution < 1.29 is 4.79 Å². The van der Waals surface area contributed by atoms with Crippen LogP contribution in [0, 0.1) is 19.8 Å². The van der Waals surface area contributed by atoms with Gasteiger partial charge in [-0.15, -0.1) is 0 Å². The number of nitrogens with zero attached hydrogens (tertiary/aromatic N) is 3. The first-order chi connectivity index (χ1) is 10.9. The molecule has 2 aromatic heterocycles. The highest BCUT2D eigenvalue weighted by Gasteiger charge is 2.23. The van der Waals surface area contributed by atoms with E-state index in [1.807, 2.05) is 18.7 Å². The molecule has 2 aromatic rings. The summed E-state index contributed by atoms with van der Waals surface area (Å²) in [5.74, 6) is 0.833. The van der Waals surface area contributed by atoms with Crippen LogP contribution in [0.25, 0.3) is 11.0 Å². The number of likely N-dealkylation sites (tertiary alicyclic amines) is 1. The van der Waals surface area contributed by atoms with Gasteiger partial charge >= 0.3 is 0 Å². The summed E-state index contributed by atoms with van der Waals surface area (Å²) in [4.78, 5) is 31.2. The number of aromatic amines is 1. The summed E-state index contributed by atoms with van der Waals surface area (Å²) in [5.41, 5.74) is 3.08. The third kappa shape index (κ3) is 2.78. The number of rotatable bonds is 2. The zero-order valence-corrected chi connectivity index (χ0v) is 14.3. The zero-order valence-electron chi connectivity index (χ0n) is 14.3. The fraction of sp³-hybridized carbons (Fsp3) is 0.588. The molecule has 6 nitrogen and oxygen atoms in total. The van der Waals surface area contributed by atoms with Gasteiger partial charge in [0.25, 0.3) is 5.56 Å². The molecular formula is C17H24N4O2. The number of nitrogens with one attached hydrogen (secondary N) is 1. The lowest BCUT2D eigenvalue weighted by Crippen LogP contribution is -2.39. The standard InChI is InChI=1S/C17H24N4O2/c1-10-5-7-21(8-6-10)14(22)9-13-11(2)15-16(18-12(13)3)20(4)19-17(15)23/h10H,5-9H2,1-4H3,(H,19,23). The smallest absolute Gasteiger partial charge is 0.273 e. The summed E-state index contributed by atoms with van der Waals surface area (Å²) in [7, 11) is 1.77. The van der Waals surface area contributed by atoms with E-state index in [-0.39, 0.29) is 11.5 Å². The Hall–Kier alpha value is -2.11. The minimum Gasteiger partial charge on any atom is -0.342 e.